The minimum Gasteiger partial charge on any atom is -0.360 e. The predicted molar refractivity (Wildman–Crippen MR) is 93.1 cm³/mol. The van der Waals surface area contributed by atoms with E-state index in [0.717, 1.165) is 12.8 Å². The third-order valence-electron chi connectivity index (χ3n) is 4.68. The second-order valence-corrected chi connectivity index (χ2v) is 8.10. The van der Waals surface area contributed by atoms with Gasteiger partial charge in [0.1, 0.15) is 0 Å². The van der Waals surface area contributed by atoms with E-state index in [1.54, 1.807) is 0 Å². The monoisotopic (exact) mass is 302 g/mol. The normalized spacial score (nSPS) is 20.8. The zero-order valence-corrected chi connectivity index (χ0v) is 14.0. The van der Waals surface area contributed by atoms with Gasteiger partial charge in [-0.1, -0.05) is 54.9 Å². The largest absolute Gasteiger partial charge is 0.360 e. The van der Waals surface area contributed by atoms with Gasteiger partial charge in [0, 0.05) is 11.3 Å². The molecule has 0 atom stereocenters. The van der Waals surface area contributed by atoms with Crippen molar-refractivity contribution in [2.24, 2.45) is 4.99 Å². The van der Waals surface area contributed by atoms with E-state index >= 15 is 0 Å². The summed E-state index contributed by atoms with van der Waals surface area (Å²) in [6.07, 6.45) is 7.53. The van der Waals surface area contributed by atoms with E-state index in [1.807, 2.05) is 11.8 Å². The van der Waals surface area contributed by atoms with Crippen LogP contribution < -0.4 is 5.32 Å². The minimum absolute atomic E-state index is 0.103. The molecule has 1 aromatic carbocycles. The molecule has 0 saturated heterocycles. The van der Waals surface area contributed by atoms with Gasteiger partial charge in [0.2, 0.25) is 0 Å². The molecule has 3 heteroatoms. The van der Waals surface area contributed by atoms with Crippen molar-refractivity contribution in [2.45, 2.75) is 63.5 Å². The van der Waals surface area contributed by atoms with Crippen molar-refractivity contribution in [1.29, 1.82) is 0 Å². The van der Waals surface area contributed by atoms with Crippen molar-refractivity contribution in [3.05, 3.63) is 35.9 Å². The Kier molecular flexibility index (Phi) is 4.30. The highest BCUT2D eigenvalue weighted by atomic mass is 32.2. The molecule has 0 radical (unpaired) electrons. The first-order valence-electron chi connectivity index (χ1n) is 8.12. The first kappa shape index (κ1) is 15.0. The summed E-state index contributed by atoms with van der Waals surface area (Å²) in [6.45, 7) is 4.58. The molecule has 1 aliphatic carbocycles. The topological polar surface area (TPSA) is 24.4 Å². The number of benzene rings is 1. The Balaban J connectivity index is 1.56. The van der Waals surface area contributed by atoms with Gasteiger partial charge < -0.3 is 5.32 Å². The molecule has 0 aromatic heterocycles. The van der Waals surface area contributed by atoms with E-state index in [4.69, 9.17) is 4.99 Å². The second kappa shape index (κ2) is 6.04. The number of nitrogens with one attached hydrogen (secondary N) is 1. The van der Waals surface area contributed by atoms with Crippen LogP contribution in [-0.2, 0) is 6.42 Å². The van der Waals surface area contributed by atoms with Crippen molar-refractivity contribution < 1.29 is 0 Å². The Hall–Kier alpha value is -0.960. The number of amidine groups is 1. The van der Waals surface area contributed by atoms with Gasteiger partial charge in [-0.3, -0.25) is 4.99 Å². The molecule has 1 N–H and O–H groups in total. The van der Waals surface area contributed by atoms with Crippen molar-refractivity contribution in [3.63, 3.8) is 0 Å². The number of thioether (sulfide) groups is 1. The number of nitrogens with zero attached hydrogens (tertiary/aromatic N) is 1. The van der Waals surface area contributed by atoms with Crippen LogP contribution in [0.2, 0.25) is 0 Å². The summed E-state index contributed by atoms with van der Waals surface area (Å²) >= 11 is 1.93. The Morgan fingerprint density at radius 1 is 1.19 bits per heavy atom. The van der Waals surface area contributed by atoms with Gasteiger partial charge in [0.25, 0.3) is 0 Å². The lowest BCUT2D eigenvalue weighted by Crippen LogP contribution is -2.42. The third-order valence-corrected chi connectivity index (χ3v) is 5.83. The van der Waals surface area contributed by atoms with Crippen LogP contribution in [0.5, 0.6) is 0 Å². The Bertz CT molecular complexity index is 501. The third kappa shape index (κ3) is 3.82. The van der Waals surface area contributed by atoms with Gasteiger partial charge in [-0.15, -0.1) is 0 Å². The molecule has 1 aromatic rings. The predicted octanol–water partition coefficient (Wildman–Crippen LogP) is 4.40. The summed E-state index contributed by atoms with van der Waals surface area (Å²) in [5.41, 5.74) is 1.80. The van der Waals surface area contributed by atoms with Crippen molar-refractivity contribution in [2.75, 3.05) is 5.75 Å². The van der Waals surface area contributed by atoms with E-state index in [2.05, 4.69) is 49.5 Å². The first-order valence-corrected chi connectivity index (χ1v) is 9.10. The van der Waals surface area contributed by atoms with Crippen LogP contribution in [0, 0.1) is 0 Å². The van der Waals surface area contributed by atoms with Gasteiger partial charge in [-0.05, 0) is 45.1 Å². The van der Waals surface area contributed by atoms with Crippen molar-refractivity contribution >= 4 is 16.9 Å². The standard InChI is InChI=1S/C18H26N2S/c1-17(2,13-10-15-8-4-3-5-9-15)19-16-20-18(14-21-16)11-6-7-12-18/h3-5,8-9H,6-7,10-14H2,1-2H3,(H,19,20). The van der Waals surface area contributed by atoms with Gasteiger partial charge in [-0.25, -0.2) is 0 Å². The highest BCUT2D eigenvalue weighted by Crippen LogP contribution is 2.41. The summed E-state index contributed by atoms with van der Waals surface area (Å²) in [5.74, 6) is 1.18. The van der Waals surface area contributed by atoms with E-state index in [9.17, 15) is 0 Å². The molecule has 2 nitrogen and oxygen atoms in total. The Labute approximate surface area is 132 Å². The average molecular weight is 302 g/mol. The molecule has 1 spiro atoms. The lowest BCUT2D eigenvalue weighted by Gasteiger charge is -2.27. The number of hydrogen-bond acceptors (Lipinski definition) is 3. The van der Waals surface area contributed by atoms with Crippen LogP contribution in [0.3, 0.4) is 0 Å². The fraction of sp³-hybridized carbons (Fsp3) is 0.611. The van der Waals surface area contributed by atoms with E-state index < -0.39 is 0 Å². The SMILES string of the molecule is CC(C)(CCc1ccccc1)NC1=NC2(CCCC2)CS1. The molecule has 1 saturated carbocycles. The number of aryl methyl sites for hydroxylation is 1. The highest BCUT2D eigenvalue weighted by Gasteiger charge is 2.39. The van der Waals surface area contributed by atoms with Crippen LogP contribution in [0.1, 0.15) is 51.5 Å². The van der Waals surface area contributed by atoms with Gasteiger partial charge in [-0.2, -0.15) is 0 Å². The number of rotatable bonds is 4. The summed E-state index contributed by atoms with van der Waals surface area (Å²) in [4.78, 5) is 5.03. The zero-order chi connectivity index (χ0) is 14.8. The lowest BCUT2D eigenvalue weighted by molar-refractivity contribution is 0.425. The lowest BCUT2D eigenvalue weighted by atomic mass is 9.95. The molecule has 2 aliphatic rings. The molecule has 1 heterocycles. The van der Waals surface area contributed by atoms with E-state index in [1.165, 1.54) is 42.2 Å². The molecule has 0 amide bonds. The fourth-order valence-corrected chi connectivity index (χ4v) is 4.65. The quantitative estimate of drug-likeness (QED) is 0.891. The summed E-state index contributed by atoms with van der Waals surface area (Å²) in [5, 5.41) is 4.87. The van der Waals surface area contributed by atoms with Crippen LogP contribution in [-0.4, -0.2) is 22.0 Å². The molecule has 1 aliphatic heterocycles. The van der Waals surface area contributed by atoms with E-state index in [-0.39, 0.29) is 11.1 Å². The summed E-state index contributed by atoms with van der Waals surface area (Å²) < 4.78 is 0. The maximum absolute atomic E-state index is 5.03. The maximum atomic E-state index is 5.03. The second-order valence-electron chi connectivity index (χ2n) is 7.13. The van der Waals surface area contributed by atoms with Gasteiger partial charge in [0.15, 0.2) is 5.17 Å². The molecule has 114 valence electrons. The molecule has 3 rings (SSSR count). The van der Waals surface area contributed by atoms with Crippen LogP contribution in [0.15, 0.2) is 35.3 Å². The number of hydrogen-bond donors (Lipinski definition) is 1. The molecule has 21 heavy (non-hydrogen) atoms. The smallest absolute Gasteiger partial charge is 0.157 e. The molecular formula is C18H26N2S. The molecule has 0 bridgehead atoms. The van der Waals surface area contributed by atoms with Gasteiger partial charge in [0.05, 0.1) is 5.54 Å². The molecule has 1 fully saturated rings. The zero-order valence-electron chi connectivity index (χ0n) is 13.2. The Morgan fingerprint density at radius 3 is 2.62 bits per heavy atom. The highest BCUT2D eigenvalue weighted by molar-refractivity contribution is 8.14. The fourth-order valence-electron chi connectivity index (χ4n) is 3.29. The number of aliphatic imine (C=N–C) groups is 1. The first-order chi connectivity index (χ1) is 10.1. The molecular weight excluding hydrogens is 276 g/mol. The van der Waals surface area contributed by atoms with Crippen LogP contribution in [0.4, 0.5) is 0 Å². The average Bonchev–Trinajstić information content (AvgIpc) is 3.08. The minimum atomic E-state index is 0.103. The van der Waals surface area contributed by atoms with Crippen LogP contribution in [0.25, 0.3) is 0 Å². The molecule has 0 unspecified atom stereocenters. The van der Waals surface area contributed by atoms with Crippen molar-refractivity contribution in [1.82, 2.24) is 5.32 Å². The van der Waals surface area contributed by atoms with Gasteiger partial charge >= 0.3 is 0 Å². The Morgan fingerprint density at radius 2 is 1.90 bits per heavy atom. The van der Waals surface area contributed by atoms with Crippen molar-refractivity contribution in [3.8, 4) is 0 Å². The summed E-state index contributed by atoms with van der Waals surface area (Å²) in [7, 11) is 0. The summed E-state index contributed by atoms with van der Waals surface area (Å²) in [6, 6.07) is 10.8. The maximum Gasteiger partial charge on any atom is 0.157 e. The van der Waals surface area contributed by atoms with E-state index in [0.29, 0.717) is 0 Å². The van der Waals surface area contributed by atoms with Crippen LogP contribution >= 0.6 is 11.8 Å².